The van der Waals surface area contributed by atoms with Crippen molar-refractivity contribution in [2.45, 2.75) is 13.3 Å². The molecule has 0 amide bonds. The molecule has 5 heteroatoms. The lowest BCUT2D eigenvalue weighted by Crippen LogP contribution is -2.20. The molecule has 0 saturated heterocycles. The number of nitrogens with two attached hydrogens (primary N) is 1. The summed E-state index contributed by atoms with van der Waals surface area (Å²) in [6, 6.07) is 5.44. The first-order valence-electron chi connectivity index (χ1n) is 6.50. The number of aromatic amines is 1. The molecule has 1 heterocycles. The van der Waals surface area contributed by atoms with Crippen LogP contribution >= 0.6 is 0 Å². The summed E-state index contributed by atoms with van der Waals surface area (Å²) in [7, 11) is 3.82. The minimum atomic E-state index is -0.259. The van der Waals surface area contributed by atoms with Crippen LogP contribution in [-0.2, 0) is 0 Å². The number of pyridine rings is 1. The molecule has 1 aromatic carbocycles. The van der Waals surface area contributed by atoms with Gasteiger partial charge in [0.15, 0.2) is 5.78 Å². The van der Waals surface area contributed by atoms with Gasteiger partial charge in [0.2, 0.25) is 0 Å². The Morgan fingerprint density at radius 2 is 2.00 bits per heavy atom. The lowest BCUT2D eigenvalue weighted by Gasteiger charge is -2.12. The van der Waals surface area contributed by atoms with Crippen molar-refractivity contribution in [2.24, 2.45) is 0 Å². The number of nitrogens with one attached hydrogen (secondary N) is 1. The molecule has 3 N–H and O–H groups in total. The molecule has 106 valence electrons. The molecule has 20 heavy (non-hydrogen) atoms. The number of aryl methyl sites for hydroxylation is 1. The summed E-state index contributed by atoms with van der Waals surface area (Å²) < 4.78 is 0. The molecular formula is C15H19N3O2. The average molecular weight is 273 g/mol. The van der Waals surface area contributed by atoms with E-state index in [1.54, 1.807) is 12.1 Å². The molecule has 0 atom stereocenters. The van der Waals surface area contributed by atoms with Crippen molar-refractivity contribution >= 4 is 22.4 Å². The Bertz CT molecular complexity index is 717. The first-order valence-corrected chi connectivity index (χ1v) is 6.50. The normalized spacial score (nSPS) is 11.2. The predicted octanol–water partition coefficient (Wildman–Crippen LogP) is 1.55. The van der Waals surface area contributed by atoms with Crippen molar-refractivity contribution in [1.29, 1.82) is 0 Å². The van der Waals surface area contributed by atoms with E-state index in [1.807, 2.05) is 32.0 Å². The maximum Gasteiger partial charge on any atom is 0.257 e. The monoisotopic (exact) mass is 273 g/mol. The van der Waals surface area contributed by atoms with Crippen molar-refractivity contribution in [3.8, 4) is 0 Å². The Morgan fingerprint density at radius 3 is 2.65 bits per heavy atom. The van der Waals surface area contributed by atoms with Gasteiger partial charge in [-0.15, -0.1) is 0 Å². The van der Waals surface area contributed by atoms with Gasteiger partial charge in [-0.3, -0.25) is 9.59 Å². The highest BCUT2D eigenvalue weighted by atomic mass is 16.1. The van der Waals surface area contributed by atoms with E-state index in [-0.39, 0.29) is 17.2 Å². The number of H-pyrrole nitrogens is 1. The van der Waals surface area contributed by atoms with Gasteiger partial charge in [-0.05, 0) is 27.1 Å². The molecule has 2 aromatic rings. The van der Waals surface area contributed by atoms with E-state index in [2.05, 4.69) is 4.98 Å². The van der Waals surface area contributed by atoms with Crippen molar-refractivity contribution in [3.05, 3.63) is 39.7 Å². The number of benzene rings is 1. The van der Waals surface area contributed by atoms with Gasteiger partial charge < -0.3 is 15.6 Å². The second kappa shape index (κ2) is 5.46. The number of anilines is 1. The van der Waals surface area contributed by atoms with Gasteiger partial charge in [0.1, 0.15) is 5.82 Å². The highest BCUT2D eigenvalue weighted by molar-refractivity contribution is 6.11. The van der Waals surface area contributed by atoms with E-state index in [1.165, 1.54) is 0 Å². The molecule has 0 unspecified atom stereocenters. The third kappa shape index (κ3) is 2.72. The topological polar surface area (TPSA) is 79.2 Å². The van der Waals surface area contributed by atoms with Gasteiger partial charge in [0, 0.05) is 23.7 Å². The Morgan fingerprint density at radius 1 is 1.30 bits per heavy atom. The van der Waals surface area contributed by atoms with Gasteiger partial charge in [-0.2, -0.15) is 0 Å². The number of fused-ring (bicyclic) bond motifs is 1. The molecule has 1 aromatic heterocycles. The Labute approximate surface area is 117 Å². The number of carbonyl (C=O) groups excluding carboxylic acids is 1. The zero-order valence-corrected chi connectivity index (χ0v) is 12.0. The highest BCUT2D eigenvalue weighted by Gasteiger charge is 2.16. The Kier molecular flexibility index (Phi) is 3.90. The van der Waals surface area contributed by atoms with E-state index in [0.717, 1.165) is 5.56 Å². The Hall–Kier alpha value is -2.14. The van der Waals surface area contributed by atoms with Gasteiger partial charge in [0.05, 0.1) is 5.56 Å². The van der Waals surface area contributed by atoms with Crippen LogP contribution in [0.5, 0.6) is 0 Å². The van der Waals surface area contributed by atoms with Crippen molar-refractivity contribution < 1.29 is 4.79 Å². The number of carbonyl (C=O) groups is 1. The smallest absolute Gasteiger partial charge is 0.257 e. The van der Waals surface area contributed by atoms with Crippen LogP contribution in [0.2, 0.25) is 0 Å². The van der Waals surface area contributed by atoms with Gasteiger partial charge >= 0.3 is 0 Å². The molecule has 0 radical (unpaired) electrons. The summed E-state index contributed by atoms with van der Waals surface area (Å²) in [5, 5.41) is 1.13. The largest absolute Gasteiger partial charge is 0.385 e. The van der Waals surface area contributed by atoms with Crippen LogP contribution in [0.3, 0.4) is 0 Å². The maximum absolute atomic E-state index is 12.4. The first-order chi connectivity index (χ1) is 9.40. The summed E-state index contributed by atoms with van der Waals surface area (Å²) in [5.41, 5.74) is 6.97. The lowest BCUT2D eigenvalue weighted by atomic mass is 10.00. The van der Waals surface area contributed by atoms with E-state index >= 15 is 0 Å². The molecule has 0 aliphatic heterocycles. The molecule has 5 nitrogen and oxygen atoms in total. The van der Waals surface area contributed by atoms with Crippen molar-refractivity contribution in [2.75, 3.05) is 26.4 Å². The quantitative estimate of drug-likeness (QED) is 0.828. The summed E-state index contributed by atoms with van der Waals surface area (Å²) in [6.45, 7) is 2.55. The molecular weight excluding hydrogens is 254 g/mol. The SMILES string of the molecule is Cc1ccc2c(C(=O)CCN(C)C)c(N)[nH]c(=O)c2c1. The van der Waals surface area contributed by atoms with Crippen molar-refractivity contribution in [1.82, 2.24) is 9.88 Å². The van der Waals surface area contributed by atoms with E-state index < -0.39 is 0 Å². The van der Waals surface area contributed by atoms with Crippen LogP contribution in [0.4, 0.5) is 5.82 Å². The summed E-state index contributed by atoms with van der Waals surface area (Å²) >= 11 is 0. The summed E-state index contributed by atoms with van der Waals surface area (Å²) in [4.78, 5) is 28.8. The first kappa shape index (κ1) is 14.3. The number of hydrogen-bond donors (Lipinski definition) is 2. The van der Waals surface area contributed by atoms with Crippen LogP contribution in [-0.4, -0.2) is 36.3 Å². The fourth-order valence-corrected chi connectivity index (χ4v) is 2.21. The number of aromatic nitrogens is 1. The maximum atomic E-state index is 12.4. The molecule has 0 aliphatic rings. The molecule has 0 bridgehead atoms. The lowest BCUT2D eigenvalue weighted by molar-refractivity contribution is 0.0974. The standard InChI is InChI=1S/C15H19N3O2/c1-9-4-5-10-11(8-9)15(20)17-14(16)13(10)12(19)6-7-18(2)3/h4-5,8H,6-7H2,1-3H3,(H3,16,17,20). The fourth-order valence-electron chi connectivity index (χ4n) is 2.21. The zero-order valence-electron chi connectivity index (χ0n) is 12.0. The van der Waals surface area contributed by atoms with Crippen LogP contribution in [0, 0.1) is 6.92 Å². The minimum Gasteiger partial charge on any atom is -0.385 e. The van der Waals surface area contributed by atoms with Crippen LogP contribution in [0.1, 0.15) is 22.3 Å². The predicted molar refractivity (Wildman–Crippen MR) is 81.2 cm³/mol. The fraction of sp³-hybridized carbons (Fsp3) is 0.333. The van der Waals surface area contributed by atoms with Gasteiger partial charge in [-0.1, -0.05) is 17.7 Å². The minimum absolute atomic E-state index is 0.0543. The number of nitrogens with zero attached hydrogens (tertiary/aromatic N) is 1. The highest BCUT2D eigenvalue weighted by Crippen LogP contribution is 2.22. The van der Waals surface area contributed by atoms with Gasteiger partial charge in [-0.25, -0.2) is 0 Å². The van der Waals surface area contributed by atoms with E-state index in [9.17, 15) is 9.59 Å². The molecule has 2 rings (SSSR count). The third-order valence-corrected chi connectivity index (χ3v) is 3.27. The number of rotatable bonds is 4. The Balaban J connectivity index is 2.58. The van der Waals surface area contributed by atoms with E-state index in [0.29, 0.717) is 29.3 Å². The van der Waals surface area contributed by atoms with Crippen molar-refractivity contribution in [3.63, 3.8) is 0 Å². The second-order valence-corrected chi connectivity index (χ2v) is 5.27. The average Bonchev–Trinajstić information content (AvgIpc) is 2.37. The summed E-state index contributed by atoms with van der Waals surface area (Å²) in [5.74, 6) is 0.0939. The number of ketones is 1. The summed E-state index contributed by atoms with van der Waals surface area (Å²) in [6.07, 6.45) is 0.367. The van der Waals surface area contributed by atoms with E-state index in [4.69, 9.17) is 5.73 Å². The van der Waals surface area contributed by atoms with Gasteiger partial charge in [0.25, 0.3) is 5.56 Å². The number of hydrogen-bond acceptors (Lipinski definition) is 4. The zero-order chi connectivity index (χ0) is 14.9. The number of Topliss-reactive ketones (excluding diaryl/α,β-unsaturated/α-hetero) is 1. The molecule has 0 fully saturated rings. The van der Waals surface area contributed by atoms with Crippen LogP contribution in [0.25, 0.3) is 10.8 Å². The third-order valence-electron chi connectivity index (χ3n) is 3.27. The number of nitrogen functional groups attached to an aromatic ring is 1. The molecule has 0 aliphatic carbocycles. The molecule has 0 saturated carbocycles. The van der Waals surface area contributed by atoms with Crippen LogP contribution < -0.4 is 11.3 Å². The van der Waals surface area contributed by atoms with Crippen LogP contribution in [0.15, 0.2) is 23.0 Å². The molecule has 0 spiro atoms. The second-order valence-electron chi connectivity index (χ2n) is 5.27.